The average molecular weight is 414 g/mol. The van der Waals surface area contributed by atoms with Crippen LogP contribution in [0.3, 0.4) is 0 Å². The van der Waals surface area contributed by atoms with Gasteiger partial charge < -0.3 is 0 Å². The summed E-state index contributed by atoms with van der Waals surface area (Å²) in [4.78, 5) is 8.99. The molecule has 0 unspecified atom stereocenters. The summed E-state index contributed by atoms with van der Waals surface area (Å²) in [7, 11) is -3.82. The van der Waals surface area contributed by atoms with E-state index in [1.165, 1.54) is 17.4 Å². The van der Waals surface area contributed by atoms with Gasteiger partial charge in [0, 0.05) is 23.3 Å². The first-order valence-corrected chi connectivity index (χ1v) is 10.3. The van der Waals surface area contributed by atoms with Crippen LogP contribution in [0.4, 0.5) is 0 Å². The first kappa shape index (κ1) is 18.3. The smallest absolute Gasteiger partial charge is 0.243 e. The van der Waals surface area contributed by atoms with Gasteiger partial charge in [-0.05, 0) is 30.7 Å². The Morgan fingerprint density at radius 1 is 1.16 bits per heavy atom. The van der Waals surface area contributed by atoms with Crippen molar-refractivity contribution in [2.75, 3.05) is 0 Å². The van der Waals surface area contributed by atoms with Gasteiger partial charge >= 0.3 is 0 Å². The summed E-state index contributed by atoms with van der Waals surface area (Å²) in [5, 5.41) is 0.515. The number of hydrogen-bond acceptors (Lipinski definition) is 5. The summed E-state index contributed by atoms with van der Waals surface area (Å²) in [6.45, 7) is 1.98. The number of pyridine rings is 1. The molecule has 0 aliphatic rings. The lowest BCUT2D eigenvalue weighted by Crippen LogP contribution is -2.23. The Bertz CT molecular complexity index is 1000. The van der Waals surface area contributed by atoms with Crippen LogP contribution in [0.5, 0.6) is 0 Å². The highest BCUT2D eigenvalue weighted by Gasteiger charge is 2.20. The molecular formula is C16H13Cl2N3O2S2. The molecule has 0 saturated heterocycles. The van der Waals surface area contributed by atoms with Crippen molar-refractivity contribution in [3.63, 3.8) is 0 Å². The molecule has 1 aromatic carbocycles. The van der Waals surface area contributed by atoms with Gasteiger partial charge in [0.05, 0.1) is 16.1 Å². The molecule has 0 spiro atoms. The number of rotatable bonds is 5. The number of halogens is 2. The largest absolute Gasteiger partial charge is 0.249 e. The first-order valence-electron chi connectivity index (χ1n) is 7.17. The molecule has 0 amide bonds. The van der Waals surface area contributed by atoms with Crippen molar-refractivity contribution in [3.05, 3.63) is 63.5 Å². The molecule has 0 saturated carbocycles. The predicted octanol–water partition coefficient (Wildman–Crippen LogP) is 4.30. The molecule has 0 bridgehead atoms. The van der Waals surface area contributed by atoms with Crippen LogP contribution in [0.25, 0.3) is 10.4 Å². The van der Waals surface area contributed by atoms with Crippen molar-refractivity contribution in [1.82, 2.24) is 14.7 Å². The molecule has 5 nitrogen and oxygen atoms in total. The van der Waals surface area contributed by atoms with Crippen LogP contribution in [-0.4, -0.2) is 18.4 Å². The second-order valence-electron chi connectivity index (χ2n) is 5.23. The number of benzene rings is 1. The van der Waals surface area contributed by atoms with E-state index < -0.39 is 10.0 Å². The Kier molecular flexibility index (Phi) is 5.41. The zero-order valence-corrected chi connectivity index (χ0v) is 16.2. The molecule has 2 aromatic heterocycles. The van der Waals surface area contributed by atoms with Gasteiger partial charge in [0.2, 0.25) is 10.0 Å². The van der Waals surface area contributed by atoms with Gasteiger partial charge in [0.15, 0.2) is 0 Å². The SMILES string of the molecule is Cc1ncsc1-c1cnc(Cl)c(S(=O)(=O)NCc2ccc(Cl)cc2)c1. The number of thiazole rings is 1. The summed E-state index contributed by atoms with van der Waals surface area (Å²) in [6.07, 6.45) is 1.54. The summed E-state index contributed by atoms with van der Waals surface area (Å²) in [6, 6.07) is 8.42. The van der Waals surface area contributed by atoms with E-state index in [1.54, 1.807) is 36.0 Å². The van der Waals surface area contributed by atoms with E-state index in [0.29, 0.717) is 10.6 Å². The van der Waals surface area contributed by atoms with Crippen LogP contribution >= 0.6 is 34.5 Å². The second-order valence-corrected chi connectivity index (χ2v) is 8.62. The highest BCUT2D eigenvalue weighted by atomic mass is 35.5. The van der Waals surface area contributed by atoms with Crippen molar-refractivity contribution < 1.29 is 8.42 Å². The molecule has 2 heterocycles. The Balaban J connectivity index is 1.88. The minimum absolute atomic E-state index is 0.0616. The fraction of sp³-hybridized carbons (Fsp3) is 0.125. The number of sulfonamides is 1. The Hall–Kier alpha value is -1.51. The van der Waals surface area contributed by atoms with Gasteiger partial charge in [0.1, 0.15) is 10.0 Å². The maximum absolute atomic E-state index is 12.6. The second kappa shape index (κ2) is 7.39. The molecule has 0 fully saturated rings. The monoisotopic (exact) mass is 413 g/mol. The van der Waals surface area contributed by atoms with Crippen LogP contribution in [0.15, 0.2) is 46.9 Å². The van der Waals surface area contributed by atoms with Crippen LogP contribution in [0, 0.1) is 6.92 Å². The van der Waals surface area contributed by atoms with E-state index in [4.69, 9.17) is 23.2 Å². The van der Waals surface area contributed by atoms with E-state index in [-0.39, 0.29) is 16.6 Å². The maximum atomic E-state index is 12.6. The van der Waals surface area contributed by atoms with Crippen LogP contribution in [-0.2, 0) is 16.6 Å². The molecule has 3 aromatic rings. The fourth-order valence-corrected chi connectivity index (χ4v) is 4.57. The molecule has 9 heteroatoms. The van der Waals surface area contributed by atoms with E-state index in [1.807, 2.05) is 6.92 Å². The molecule has 3 rings (SSSR count). The minimum Gasteiger partial charge on any atom is -0.249 e. The van der Waals surface area contributed by atoms with Gasteiger partial charge in [-0.15, -0.1) is 11.3 Å². The predicted molar refractivity (Wildman–Crippen MR) is 101 cm³/mol. The fourth-order valence-electron chi connectivity index (χ4n) is 2.18. The van der Waals surface area contributed by atoms with Crippen LogP contribution in [0.1, 0.15) is 11.3 Å². The zero-order chi connectivity index (χ0) is 18.0. The van der Waals surface area contributed by atoms with Gasteiger partial charge in [-0.25, -0.2) is 23.1 Å². The van der Waals surface area contributed by atoms with Crippen molar-refractivity contribution in [2.45, 2.75) is 18.4 Å². The molecule has 25 heavy (non-hydrogen) atoms. The Morgan fingerprint density at radius 3 is 2.52 bits per heavy atom. The third-order valence-corrected chi connectivity index (χ3v) is 6.54. The van der Waals surface area contributed by atoms with Crippen LogP contribution in [0.2, 0.25) is 10.2 Å². The molecule has 0 aliphatic carbocycles. The average Bonchev–Trinajstić information content (AvgIpc) is 3.01. The molecular weight excluding hydrogens is 401 g/mol. The van der Waals surface area contributed by atoms with Crippen LogP contribution < -0.4 is 4.72 Å². The maximum Gasteiger partial charge on any atom is 0.243 e. The first-order chi connectivity index (χ1) is 11.9. The number of aromatic nitrogens is 2. The zero-order valence-electron chi connectivity index (χ0n) is 13.0. The van der Waals surface area contributed by atoms with Gasteiger partial charge in [-0.2, -0.15) is 0 Å². The van der Waals surface area contributed by atoms with E-state index in [0.717, 1.165) is 16.1 Å². The summed E-state index contributed by atoms with van der Waals surface area (Å²) < 4.78 is 27.8. The third-order valence-electron chi connectivity index (χ3n) is 3.48. The standard InChI is InChI=1S/C16H13Cl2N3O2S2/c1-10-15(24-9-20-10)12-6-14(16(18)19-8-12)25(22,23)21-7-11-2-4-13(17)5-3-11/h2-6,8-9,21H,7H2,1H3. The Labute approximate surface area is 159 Å². The highest BCUT2D eigenvalue weighted by Crippen LogP contribution is 2.30. The molecule has 0 radical (unpaired) electrons. The van der Waals surface area contributed by atoms with Gasteiger partial charge in [-0.3, -0.25) is 0 Å². The lowest BCUT2D eigenvalue weighted by atomic mass is 10.2. The molecule has 130 valence electrons. The molecule has 1 N–H and O–H groups in total. The number of nitrogens with one attached hydrogen (secondary N) is 1. The van der Waals surface area contributed by atoms with Crippen molar-refractivity contribution in [2.24, 2.45) is 0 Å². The third kappa shape index (κ3) is 4.19. The van der Waals surface area contributed by atoms with Gasteiger partial charge in [0.25, 0.3) is 0 Å². The lowest BCUT2D eigenvalue weighted by Gasteiger charge is -2.10. The van der Waals surface area contributed by atoms with E-state index in [2.05, 4.69) is 14.7 Å². The summed E-state index contributed by atoms with van der Waals surface area (Å²) >= 11 is 13.3. The lowest BCUT2D eigenvalue weighted by molar-refractivity contribution is 0.581. The highest BCUT2D eigenvalue weighted by molar-refractivity contribution is 7.89. The summed E-state index contributed by atoms with van der Waals surface area (Å²) in [5.74, 6) is 0. The Morgan fingerprint density at radius 2 is 1.88 bits per heavy atom. The molecule has 0 aliphatic heterocycles. The number of hydrogen-bond donors (Lipinski definition) is 1. The number of nitrogens with zero attached hydrogens (tertiary/aromatic N) is 2. The minimum atomic E-state index is -3.82. The van der Waals surface area contributed by atoms with Crippen molar-refractivity contribution >= 4 is 44.6 Å². The number of aryl methyl sites for hydroxylation is 1. The summed E-state index contributed by atoms with van der Waals surface area (Å²) in [5.41, 5.74) is 3.96. The van der Waals surface area contributed by atoms with Gasteiger partial charge in [-0.1, -0.05) is 35.3 Å². The quantitative estimate of drug-likeness (QED) is 0.632. The van der Waals surface area contributed by atoms with E-state index >= 15 is 0 Å². The van der Waals surface area contributed by atoms with Crippen molar-refractivity contribution in [3.8, 4) is 10.4 Å². The topological polar surface area (TPSA) is 72.0 Å². The van der Waals surface area contributed by atoms with Crippen molar-refractivity contribution in [1.29, 1.82) is 0 Å². The normalized spacial score (nSPS) is 11.6. The molecule has 0 atom stereocenters. The van der Waals surface area contributed by atoms with E-state index in [9.17, 15) is 8.42 Å².